The molecule has 0 aliphatic heterocycles. The fourth-order valence-electron chi connectivity index (χ4n) is 3.06. The van der Waals surface area contributed by atoms with Crippen molar-refractivity contribution in [2.24, 2.45) is 0 Å². The van der Waals surface area contributed by atoms with Crippen LogP contribution in [0, 0.1) is 11.3 Å². The van der Waals surface area contributed by atoms with E-state index < -0.39 is 10.0 Å². The molecule has 6 nitrogen and oxygen atoms in total. The second kappa shape index (κ2) is 7.68. The number of carbonyl (C=O) groups excluding carboxylic acids is 1. The fourth-order valence-corrected chi connectivity index (χ4v) is 4.09. The van der Waals surface area contributed by atoms with Crippen molar-refractivity contribution in [1.29, 1.82) is 5.26 Å². The number of sulfonamides is 1. The number of nitriles is 1. The molecule has 2 N–H and O–H groups in total. The molecule has 1 amide bonds. The van der Waals surface area contributed by atoms with Gasteiger partial charge >= 0.3 is 0 Å². The van der Waals surface area contributed by atoms with Gasteiger partial charge in [0.25, 0.3) is 5.91 Å². The second-order valence-corrected chi connectivity index (χ2v) is 7.86. The fraction of sp³-hybridized carbons (Fsp3) is 0.263. The van der Waals surface area contributed by atoms with Gasteiger partial charge in [-0.15, -0.1) is 0 Å². The molecule has 0 heterocycles. The minimum absolute atomic E-state index is 0.0187. The second-order valence-electron chi connectivity index (χ2n) is 6.09. The Morgan fingerprint density at radius 3 is 2.62 bits per heavy atom. The third kappa shape index (κ3) is 3.93. The maximum Gasteiger partial charge on any atom is 0.251 e. The zero-order valence-corrected chi connectivity index (χ0v) is 14.9. The Morgan fingerprint density at radius 1 is 1.15 bits per heavy atom. The Bertz CT molecular complexity index is 947. The van der Waals surface area contributed by atoms with Crippen LogP contribution < -0.4 is 10.0 Å². The van der Waals surface area contributed by atoms with Gasteiger partial charge < -0.3 is 5.32 Å². The quantitative estimate of drug-likeness (QED) is 0.763. The number of nitrogens with one attached hydrogen (secondary N) is 2. The number of benzene rings is 2. The Hall–Kier alpha value is -2.69. The molecular formula is C19H19N3O3S. The first-order chi connectivity index (χ1) is 12.5. The summed E-state index contributed by atoms with van der Waals surface area (Å²) in [5, 5.41) is 11.5. The average Bonchev–Trinajstić information content (AvgIpc) is 3.05. The van der Waals surface area contributed by atoms with E-state index >= 15 is 0 Å². The number of carbonyl (C=O) groups is 1. The Labute approximate surface area is 152 Å². The van der Waals surface area contributed by atoms with Crippen molar-refractivity contribution in [3.05, 3.63) is 65.2 Å². The highest BCUT2D eigenvalue weighted by Crippen LogP contribution is 2.30. The van der Waals surface area contributed by atoms with Gasteiger partial charge in [-0.1, -0.05) is 24.3 Å². The van der Waals surface area contributed by atoms with E-state index in [0.717, 1.165) is 18.4 Å². The molecule has 0 saturated heterocycles. The number of amides is 1. The van der Waals surface area contributed by atoms with Crippen molar-refractivity contribution in [3.8, 4) is 6.07 Å². The molecule has 1 unspecified atom stereocenters. The molecule has 1 aliphatic carbocycles. The zero-order valence-electron chi connectivity index (χ0n) is 14.1. The number of nitrogens with zero attached hydrogens (tertiary/aromatic N) is 1. The van der Waals surface area contributed by atoms with Gasteiger partial charge in [0, 0.05) is 18.5 Å². The van der Waals surface area contributed by atoms with Crippen LogP contribution in [-0.2, 0) is 16.4 Å². The summed E-state index contributed by atoms with van der Waals surface area (Å²) in [7, 11) is -3.67. The average molecular weight is 369 g/mol. The summed E-state index contributed by atoms with van der Waals surface area (Å²) in [5.74, 6) is -0.229. The summed E-state index contributed by atoms with van der Waals surface area (Å²) in [4.78, 5) is 12.5. The molecule has 0 aromatic heterocycles. The molecule has 0 fully saturated rings. The molecule has 7 heteroatoms. The summed E-state index contributed by atoms with van der Waals surface area (Å²) in [5.41, 5.74) is 2.80. The Morgan fingerprint density at radius 2 is 1.88 bits per heavy atom. The van der Waals surface area contributed by atoms with E-state index in [1.807, 2.05) is 24.3 Å². The van der Waals surface area contributed by atoms with Crippen molar-refractivity contribution in [1.82, 2.24) is 10.0 Å². The predicted octanol–water partition coefficient (Wildman–Crippen LogP) is 2.30. The standard InChI is InChI=1S/C19H19N3O3S/c20-12-3-13-21-26(24,25)16-9-6-15(7-10-16)19(23)22-18-11-8-14-4-1-2-5-17(14)18/h1-2,4-7,9-10,18,21H,3,8,11,13H2,(H,22,23). The largest absolute Gasteiger partial charge is 0.345 e. The molecule has 1 aliphatic rings. The van der Waals surface area contributed by atoms with Crippen molar-refractivity contribution in [2.45, 2.75) is 30.2 Å². The summed E-state index contributed by atoms with van der Waals surface area (Å²) < 4.78 is 26.5. The molecular weight excluding hydrogens is 350 g/mol. The Kier molecular flexibility index (Phi) is 5.35. The van der Waals surface area contributed by atoms with Gasteiger partial charge in [-0.3, -0.25) is 4.79 Å². The lowest BCUT2D eigenvalue weighted by Crippen LogP contribution is -2.27. The summed E-state index contributed by atoms with van der Waals surface area (Å²) in [6.45, 7) is 0.0577. The van der Waals surface area contributed by atoms with Crippen LogP contribution in [0.15, 0.2) is 53.4 Å². The number of fused-ring (bicyclic) bond motifs is 1. The third-order valence-electron chi connectivity index (χ3n) is 4.39. The SMILES string of the molecule is N#CCCNS(=O)(=O)c1ccc(C(=O)NC2CCc3ccccc32)cc1. The summed E-state index contributed by atoms with van der Waals surface area (Å²) >= 11 is 0. The van der Waals surface area contributed by atoms with E-state index in [2.05, 4.69) is 16.1 Å². The smallest absolute Gasteiger partial charge is 0.251 e. The minimum atomic E-state index is -3.67. The van der Waals surface area contributed by atoms with Crippen LogP contribution in [0.2, 0.25) is 0 Å². The van der Waals surface area contributed by atoms with Crippen molar-refractivity contribution >= 4 is 15.9 Å². The molecule has 2 aromatic carbocycles. The molecule has 1 atom stereocenters. The van der Waals surface area contributed by atoms with E-state index in [9.17, 15) is 13.2 Å². The van der Waals surface area contributed by atoms with Crippen LogP contribution in [0.1, 0.15) is 40.4 Å². The zero-order chi connectivity index (χ0) is 18.6. The molecule has 0 bridgehead atoms. The molecule has 2 aromatic rings. The first-order valence-corrected chi connectivity index (χ1v) is 9.85. The van der Waals surface area contributed by atoms with E-state index in [0.29, 0.717) is 5.56 Å². The summed E-state index contributed by atoms with van der Waals surface area (Å²) in [6, 6.07) is 15.7. The monoisotopic (exact) mass is 369 g/mol. The first kappa shape index (κ1) is 18.1. The van der Waals surface area contributed by atoms with Crippen LogP contribution in [0.4, 0.5) is 0 Å². The van der Waals surface area contributed by atoms with Gasteiger partial charge in [0.15, 0.2) is 0 Å². The normalized spacial score (nSPS) is 15.9. The molecule has 0 radical (unpaired) electrons. The van der Waals surface area contributed by atoms with Gasteiger partial charge in [-0.2, -0.15) is 5.26 Å². The topological polar surface area (TPSA) is 99.1 Å². The predicted molar refractivity (Wildman–Crippen MR) is 96.8 cm³/mol. The van der Waals surface area contributed by atoms with Crippen LogP contribution in [0.3, 0.4) is 0 Å². The van der Waals surface area contributed by atoms with Gasteiger partial charge in [-0.05, 0) is 48.2 Å². The van der Waals surface area contributed by atoms with Crippen molar-refractivity contribution in [2.75, 3.05) is 6.54 Å². The molecule has 0 spiro atoms. The van der Waals surface area contributed by atoms with Crippen LogP contribution in [0.5, 0.6) is 0 Å². The molecule has 0 saturated carbocycles. The highest BCUT2D eigenvalue weighted by atomic mass is 32.2. The lowest BCUT2D eigenvalue weighted by molar-refractivity contribution is 0.0936. The summed E-state index contributed by atoms with van der Waals surface area (Å²) in [6.07, 6.45) is 1.90. The van der Waals surface area contributed by atoms with E-state index in [1.165, 1.54) is 29.8 Å². The number of hydrogen-bond donors (Lipinski definition) is 2. The van der Waals surface area contributed by atoms with Crippen molar-refractivity contribution < 1.29 is 13.2 Å². The van der Waals surface area contributed by atoms with Crippen LogP contribution in [0.25, 0.3) is 0 Å². The van der Waals surface area contributed by atoms with Gasteiger partial charge in [0.1, 0.15) is 0 Å². The lowest BCUT2D eigenvalue weighted by atomic mass is 10.1. The number of aryl methyl sites for hydroxylation is 1. The highest BCUT2D eigenvalue weighted by molar-refractivity contribution is 7.89. The van der Waals surface area contributed by atoms with Crippen molar-refractivity contribution in [3.63, 3.8) is 0 Å². The van der Waals surface area contributed by atoms with Gasteiger partial charge in [0.05, 0.1) is 17.0 Å². The van der Waals surface area contributed by atoms with Crippen LogP contribution >= 0.6 is 0 Å². The number of rotatable bonds is 6. The third-order valence-corrected chi connectivity index (χ3v) is 5.87. The lowest BCUT2D eigenvalue weighted by Gasteiger charge is -2.14. The molecule has 134 valence electrons. The van der Waals surface area contributed by atoms with E-state index in [1.54, 1.807) is 0 Å². The minimum Gasteiger partial charge on any atom is -0.345 e. The maximum absolute atomic E-state index is 12.5. The van der Waals surface area contributed by atoms with Crippen LogP contribution in [-0.4, -0.2) is 20.9 Å². The van der Waals surface area contributed by atoms with E-state index in [-0.39, 0.29) is 29.8 Å². The molecule has 26 heavy (non-hydrogen) atoms. The van der Waals surface area contributed by atoms with E-state index in [4.69, 9.17) is 5.26 Å². The first-order valence-electron chi connectivity index (χ1n) is 8.36. The number of hydrogen-bond acceptors (Lipinski definition) is 4. The molecule has 3 rings (SSSR count). The Balaban J connectivity index is 1.67. The van der Waals surface area contributed by atoms with Gasteiger partial charge in [-0.25, -0.2) is 13.1 Å². The highest BCUT2D eigenvalue weighted by Gasteiger charge is 2.24. The van der Waals surface area contributed by atoms with Gasteiger partial charge in [0.2, 0.25) is 10.0 Å². The maximum atomic E-state index is 12.5.